The number of aliphatic hydroxyl groups excluding tert-OH is 2. The van der Waals surface area contributed by atoms with E-state index in [-0.39, 0.29) is 0 Å². The molecular formula is C12H17NO3. The van der Waals surface area contributed by atoms with Gasteiger partial charge in [-0.15, -0.1) is 0 Å². The number of aryl methyl sites for hydroxylation is 1. The van der Waals surface area contributed by atoms with Crippen molar-refractivity contribution in [2.75, 3.05) is 0 Å². The highest BCUT2D eigenvalue weighted by molar-refractivity contribution is 5.79. The zero-order chi connectivity index (χ0) is 12.1. The Hall–Kier alpha value is -1.39. The highest BCUT2D eigenvalue weighted by Crippen LogP contribution is 2.17. The number of primary amides is 1. The summed E-state index contributed by atoms with van der Waals surface area (Å²) in [4.78, 5) is 10.7. The molecule has 2 unspecified atom stereocenters. The van der Waals surface area contributed by atoms with Crippen LogP contribution in [0.5, 0.6) is 0 Å². The van der Waals surface area contributed by atoms with Gasteiger partial charge >= 0.3 is 0 Å². The molecule has 1 rings (SSSR count). The molecule has 4 heteroatoms. The quantitative estimate of drug-likeness (QED) is 0.680. The van der Waals surface area contributed by atoms with Gasteiger partial charge in [0, 0.05) is 0 Å². The molecule has 1 aromatic carbocycles. The van der Waals surface area contributed by atoms with Crippen LogP contribution in [0.3, 0.4) is 0 Å². The van der Waals surface area contributed by atoms with Crippen LogP contribution in [0, 0.1) is 0 Å². The smallest absolute Gasteiger partial charge is 0.249 e. The molecule has 0 aliphatic carbocycles. The Morgan fingerprint density at radius 3 is 2.31 bits per heavy atom. The summed E-state index contributed by atoms with van der Waals surface area (Å²) in [5.41, 5.74) is 6.55. The minimum Gasteiger partial charge on any atom is -0.385 e. The Bertz CT molecular complexity index is 348. The van der Waals surface area contributed by atoms with Crippen LogP contribution >= 0.6 is 0 Å². The first-order valence-electron chi connectivity index (χ1n) is 5.30. The van der Waals surface area contributed by atoms with Crippen LogP contribution in [0.1, 0.15) is 30.6 Å². The highest BCUT2D eigenvalue weighted by Gasteiger charge is 2.22. The minimum absolute atomic E-state index is 0.492. The summed E-state index contributed by atoms with van der Waals surface area (Å²) in [5.74, 6) is -0.926. The molecule has 4 nitrogen and oxygen atoms in total. The van der Waals surface area contributed by atoms with Crippen molar-refractivity contribution in [2.45, 2.75) is 32.0 Å². The molecule has 16 heavy (non-hydrogen) atoms. The highest BCUT2D eigenvalue weighted by atomic mass is 16.3. The normalized spacial score (nSPS) is 14.4. The molecule has 0 saturated heterocycles. The van der Waals surface area contributed by atoms with E-state index in [2.05, 4.69) is 6.92 Å². The van der Waals surface area contributed by atoms with Crippen molar-refractivity contribution in [3.8, 4) is 0 Å². The zero-order valence-corrected chi connectivity index (χ0v) is 9.26. The molecule has 88 valence electrons. The summed E-state index contributed by atoms with van der Waals surface area (Å²) in [6.45, 7) is 2.08. The van der Waals surface area contributed by atoms with Gasteiger partial charge in [-0.3, -0.25) is 4.79 Å². The maximum Gasteiger partial charge on any atom is 0.249 e. The summed E-state index contributed by atoms with van der Waals surface area (Å²) in [6, 6.07) is 7.13. The zero-order valence-electron chi connectivity index (χ0n) is 9.26. The Balaban J connectivity index is 2.77. The van der Waals surface area contributed by atoms with Crippen molar-refractivity contribution in [1.29, 1.82) is 0 Å². The van der Waals surface area contributed by atoms with Gasteiger partial charge in [0.25, 0.3) is 0 Å². The molecule has 0 fully saturated rings. The lowest BCUT2D eigenvalue weighted by atomic mass is 10.0. The van der Waals surface area contributed by atoms with Crippen molar-refractivity contribution in [3.63, 3.8) is 0 Å². The van der Waals surface area contributed by atoms with Gasteiger partial charge in [0.1, 0.15) is 6.10 Å². The predicted octanol–water partition coefficient (Wildman–Crippen LogP) is 0.519. The fraction of sp³-hybridized carbons (Fsp3) is 0.417. The van der Waals surface area contributed by atoms with Gasteiger partial charge in [-0.25, -0.2) is 0 Å². The number of carbonyl (C=O) groups is 1. The van der Waals surface area contributed by atoms with E-state index in [1.165, 1.54) is 0 Å². The van der Waals surface area contributed by atoms with Crippen molar-refractivity contribution >= 4 is 5.91 Å². The van der Waals surface area contributed by atoms with E-state index in [1.54, 1.807) is 12.1 Å². The van der Waals surface area contributed by atoms with Crippen LogP contribution in [0.2, 0.25) is 0 Å². The molecule has 0 aliphatic rings. The number of amides is 1. The van der Waals surface area contributed by atoms with E-state index < -0.39 is 18.1 Å². The third kappa shape index (κ3) is 3.05. The first-order valence-corrected chi connectivity index (χ1v) is 5.30. The Morgan fingerprint density at radius 2 is 1.88 bits per heavy atom. The first kappa shape index (κ1) is 12.7. The second kappa shape index (κ2) is 5.63. The Morgan fingerprint density at radius 1 is 1.31 bits per heavy atom. The minimum atomic E-state index is -1.56. The maximum absolute atomic E-state index is 10.7. The SMILES string of the molecule is CCCc1ccc(C(O)C(O)C(N)=O)cc1. The molecule has 4 N–H and O–H groups in total. The van der Waals surface area contributed by atoms with Crippen LogP contribution in [-0.2, 0) is 11.2 Å². The van der Waals surface area contributed by atoms with Crippen LogP contribution in [-0.4, -0.2) is 22.2 Å². The monoisotopic (exact) mass is 223 g/mol. The second-order valence-corrected chi connectivity index (χ2v) is 3.78. The number of rotatable bonds is 5. The van der Waals surface area contributed by atoms with Gasteiger partial charge in [0.2, 0.25) is 5.91 Å². The number of carbonyl (C=O) groups excluding carboxylic acids is 1. The number of nitrogens with two attached hydrogens (primary N) is 1. The lowest BCUT2D eigenvalue weighted by Gasteiger charge is -2.15. The molecular weight excluding hydrogens is 206 g/mol. The van der Waals surface area contributed by atoms with Crippen molar-refractivity contribution in [3.05, 3.63) is 35.4 Å². The molecule has 0 bridgehead atoms. The molecule has 0 heterocycles. The van der Waals surface area contributed by atoms with Crippen LogP contribution < -0.4 is 5.73 Å². The molecule has 2 atom stereocenters. The fourth-order valence-electron chi connectivity index (χ4n) is 1.51. The summed E-state index contributed by atoms with van der Waals surface area (Å²) < 4.78 is 0. The summed E-state index contributed by atoms with van der Waals surface area (Å²) in [5, 5.41) is 18.9. The number of hydrogen-bond acceptors (Lipinski definition) is 3. The molecule has 1 amide bonds. The standard InChI is InChI=1S/C12H17NO3/c1-2-3-8-4-6-9(7-5-8)10(14)11(15)12(13)16/h4-7,10-11,14-15H,2-3H2,1H3,(H2,13,16). The maximum atomic E-state index is 10.7. The van der Waals surface area contributed by atoms with Crippen molar-refractivity contribution in [2.24, 2.45) is 5.73 Å². The largest absolute Gasteiger partial charge is 0.385 e. The average molecular weight is 223 g/mol. The summed E-state index contributed by atoms with van der Waals surface area (Å²) in [7, 11) is 0. The lowest BCUT2D eigenvalue weighted by Crippen LogP contribution is -2.33. The van der Waals surface area contributed by atoms with E-state index in [0.717, 1.165) is 18.4 Å². The van der Waals surface area contributed by atoms with Crippen LogP contribution in [0.25, 0.3) is 0 Å². The van der Waals surface area contributed by atoms with Gasteiger partial charge in [-0.2, -0.15) is 0 Å². The van der Waals surface area contributed by atoms with Crippen molar-refractivity contribution < 1.29 is 15.0 Å². The number of hydrogen-bond donors (Lipinski definition) is 3. The van der Waals surface area contributed by atoms with Gasteiger partial charge < -0.3 is 15.9 Å². The molecule has 0 radical (unpaired) electrons. The molecule has 0 saturated carbocycles. The van der Waals surface area contributed by atoms with E-state index >= 15 is 0 Å². The topological polar surface area (TPSA) is 83.6 Å². The number of aliphatic hydroxyl groups is 2. The third-order valence-corrected chi connectivity index (χ3v) is 2.45. The van der Waals surface area contributed by atoms with Crippen molar-refractivity contribution in [1.82, 2.24) is 0 Å². The lowest BCUT2D eigenvalue weighted by molar-refractivity contribution is -0.131. The second-order valence-electron chi connectivity index (χ2n) is 3.78. The Kier molecular flexibility index (Phi) is 4.46. The van der Waals surface area contributed by atoms with E-state index in [9.17, 15) is 15.0 Å². The fourth-order valence-corrected chi connectivity index (χ4v) is 1.51. The number of benzene rings is 1. The molecule has 1 aromatic rings. The Labute approximate surface area is 94.7 Å². The van der Waals surface area contributed by atoms with E-state index in [1.807, 2.05) is 12.1 Å². The van der Waals surface area contributed by atoms with Gasteiger partial charge in [-0.05, 0) is 17.5 Å². The van der Waals surface area contributed by atoms with Gasteiger partial charge in [0.05, 0.1) is 0 Å². The van der Waals surface area contributed by atoms with Gasteiger partial charge in [0.15, 0.2) is 6.10 Å². The molecule has 0 aromatic heterocycles. The van der Waals surface area contributed by atoms with Crippen LogP contribution in [0.15, 0.2) is 24.3 Å². The predicted molar refractivity (Wildman–Crippen MR) is 60.6 cm³/mol. The molecule has 0 aliphatic heterocycles. The van der Waals surface area contributed by atoms with E-state index in [0.29, 0.717) is 5.56 Å². The average Bonchev–Trinajstić information content (AvgIpc) is 2.28. The van der Waals surface area contributed by atoms with Gasteiger partial charge in [-0.1, -0.05) is 37.6 Å². The summed E-state index contributed by atoms with van der Waals surface area (Å²) in [6.07, 6.45) is -0.800. The van der Waals surface area contributed by atoms with Crippen LogP contribution in [0.4, 0.5) is 0 Å². The van der Waals surface area contributed by atoms with E-state index in [4.69, 9.17) is 5.73 Å². The first-order chi connectivity index (χ1) is 7.56. The summed E-state index contributed by atoms with van der Waals surface area (Å²) >= 11 is 0. The third-order valence-electron chi connectivity index (χ3n) is 2.45. The molecule has 0 spiro atoms.